The van der Waals surface area contributed by atoms with Crippen molar-refractivity contribution in [2.24, 2.45) is 10.8 Å². The summed E-state index contributed by atoms with van der Waals surface area (Å²) in [4.78, 5) is 0. The fourth-order valence-corrected chi connectivity index (χ4v) is 0.753. The van der Waals surface area contributed by atoms with Gasteiger partial charge in [0.1, 0.15) is 0 Å². The van der Waals surface area contributed by atoms with Crippen molar-refractivity contribution in [3.63, 3.8) is 0 Å². The van der Waals surface area contributed by atoms with Gasteiger partial charge in [-0.25, -0.2) is 5.53 Å². The molecule has 0 aliphatic heterocycles. The Morgan fingerprint density at radius 3 is 2.90 bits per heavy atom. The van der Waals surface area contributed by atoms with Crippen molar-refractivity contribution >= 4 is 5.69 Å². The molecule has 0 fully saturated rings. The fraction of sp³-hybridized carbons (Fsp3) is 0.143. The maximum absolute atomic E-state index is 6.70. The summed E-state index contributed by atoms with van der Waals surface area (Å²) in [6, 6.07) is 7.32. The summed E-state index contributed by atoms with van der Waals surface area (Å²) in [5, 5.41) is 3.27. The highest BCUT2D eigenvalue weighted by atomic mass is 15.0. The molecular formula is C7H9N3. The second kappa shape index (κ2) is 3.08. The Morgan fingerprint density at radius 2 is 2.30 bits per heavy atom. The second-order valence-corrected chi connectivity index (χ2v) is 1.99. The van der Waals surface area contributed by atoms with Crippen LogP contribution in [-0.2, 0) is 6.54 Å². The molecule has 0 radical (unpaired) electrons. The van der Waals surface area contributed by atoms with Gasteiger partial charge >= 0.3 is 0 Å². The first kappa shape index (κ1) is 6.89. The highest BCUT2D eigenvalue weighted by molar-refractivity contribution is 5.38. The summed E-state index contributed by atoms with van der Waals surface area (Å²) in [5.74, 6) is 0. The molecule has 0 saturated carbocycles. The van der Waals surface area contributed by atoms with Crippen LogP contribution in [0.5, 0.6) is 0 Å². The second-order valence-electron chi connectivity index (χ2n) is 1.99. The number of nitrogens with zero attached hydrogens (tertiary/aromatic N) is 1. The molecule has 0 atom stereocenters. The predicted molar refractivity (Wildman–Crippen MR) is 39.1 cm³/mol. The molecule has 1 rings (SSSR count). The highest BCUT2D eigenvalue weighted by Gasteiger charge is 1.89. The zero-order chi connectivity index (χ0) is 7.40. The number of nitrogens with two attached hydrogens (primary N) is 1. The topological polar surface area (TPSA) is 62.2 Å². The molecule has 3 N–H and O–H groups in total. The zero-order valence-electron chi connectivity index (χ0n) is 5.54. The van der Waals surface area contributed by atoms with Crippen LogP contribution >= 0.6 is 0 Å². The fourth-order valence-electron chi connectivity index (χ4n) is 0.753. The molecule has 0 bridgehead atoms. The molecular weight excluding hydrogens is 126 g/mol. The predicted octanol–water partition coefficient (Wildman–Crippen LogP) is 1.81. The van der Waals surface area contributed by atoms with Gasteiger partial charge in [-0.15, -0.1) is 0 Å². The van der Waals surface area contributed by atoms with E-state index in [2.05, 4.69) is 5.11 Å². The first-order valence-electron chi connectivity index (χ1n) is 3.03. The molecule has 0 spiro atoms. The summed E-state index contributed by atoms with van der Waals surface area (Å²) in [6.45, 7) is 0.503. The van der Waals surface area contributed by atoms with Gasteiger partial charge in [-0.3, -0.25) is 0 Å². The molecule has 0 unspecified atom stereocenters. The van der Waals surface area contributed by atoms with Crippen molar-refractivity contribution in [1.82, 2.24) is 0 Å². The van der Waals surface area contributed by atoms with E-state index in [4.69, 9.17) is 11.3 Å². The molecule has 52 valence electrons. The van der Waals surface area contributed by atoms with E-state index in [0.717, 1.165) is 5.56 Å². The van der Waals surface area contributed by atoms with Crippen LogP contribution in [-0.4, -0.2) is 0 Å². The Labute approximate surface area is 59.4 Å². The average Bonchev–Trinajstić information content (AvgIpc) is 2.05. The molecule has 0 saturated heterocycles. The number of hydrogen-bond acceptors (Lipinski definition) is 3. The van der Waals surface area contributed by atoms with Gasteiger partial charge in [-0.1, -0.05) is 12.1 Å². The molecule has 0 heterocycles. The summed E-state index contributed by atoms with van der Waals surface area (Å²) in [6.07, 6.45) is 0. The van der Waals surface area contributed by atoms with Gasteiger partial charge in [0.25, 0.3) is 0 Å². The first-order valence-corrected chi connectivity index (χ1v) is 3.03. The third kappa shape index (κ3) is 1.39. The highest BCUT2D eigenvalue weighted by Crippen LogP contribution is 2.12. The molecule has 3 nitrogen and oxygen atoms in total. The van der Waals surface area contributed by atoms with Gasteiger partial charge in [0.2, 0.25) is 0 Å². The van der Waals surface area contributed by atoms with Gasteiger partial charge in [-0.05, 0) is 17.7 Å². The van der Waals surface area contributed by atoms with E-state index in [1.807, 2.05) is 12.1 Å². The van der Waals surface area contributed by atoms with Gasteiger partial charge in [-0.2, -0.15) is 5.11 Å². The summed E-state index contributed by atoms with van der Waals surface area (Å²) >= 11 is 0. The molecule has 0 aliphatic rings. The summed E-state index contributed by atoms with van der Waals surface area (Å²) < 4.78 is 0. The average molecular weight is 135 g/mol. The zero-order valence-corrected chi connectivity index (χ0v) is 5.54. The van der Waals surface area contributed by atoms with Gasteiger partial charge in [0, 0.05) is 6.54 Å². The number of nitrogens with one attached hydrogen (secondary N) is 1. The maximum Gasteiger partial charge on any atom is 0.0853 e. The number of rotatable bonds is 2. The normalized spacial score (nSPS) is 9.30. The standard InChI is InChI=1S/C7H9N3/c8-5-6-2-1-3-7(4-6)10-9/h1-4,9H,5,8H2. The van der Waals surface area contributed by atoms with Crippen LogP contribution in [0.1, 0.15) is 5.56 Å². The van der Waals surface area contributed by atoms with Crippen LogP contribution in [0, 0.1) is 5.53 Å². The number of hydrogen-bond donors (Lipinski definition) is 2. The Hall–Kier alpha value is -1.22. The van der Waals surface area contributed by atoms with Crippen molar-refractivity contribution < 1.29 is 0 Å². The lowest BCUT2D eigenvalue weighted by molar-refractivity contribution is 1.06. The van der Waals surface area contributed by atoms with E-state index >= 15 is 0 Å². The minimum atomic E-state index is 0.503. The summed E-state index contributed by atoms with van der Waals surface area (Å²) in [5.41, 5.74) is 13.7. The first-order chi connectivity index (χ1) is 4.86. The Balaban J connectivity index is 2.98. The minimum Gasteiger partial charge on any atom is -0.326 e. The smallest absolute Gasteiger partial charge is 0.0853 e. The Kier molecular flexibility index (Phi) is 2.12. The van der Waals surface area contributed by atoms with Crippen molar-refractivity contribution in [3.8, 4) is 0 Å². The molecule has 0 amide bonds. The van der Waals surface area contributed by atoms with Gasteiger partial charge in [0.05, 0.1) is 5.69 Å². The summed E-state index contributed by atoms with van der Waals surface area (Å²) in [7, 11) is 0. The monoisotopic (exact) mass is 135 g/mol. The van der Waals surface area contributed by atoms with Crippen molar-refractivity contribution in [1.29, 1.82) is 5.53 Å². The minimum absolute atomic E-state index is 0.503. The third-order valence-corrected chi connectivity index (χ3v) is 1.28. The van der Waals surface area contributed by atoms with E-state index in [-0.39, 0.29) is 0 Å². The third-order valence-electron chi connectivity index (χ3n) is 1.28. The van der Waals surface area contributed by atoms with Crippen LogP contribution in [0.15, 0.2) is 29.4 Å². The van der Waals surface area contributed by atoms with E-state index in [9.17, 15) is 0 Å². The maximum atomic E-state index is 6.70. The molecule has 0 aliphatic carbocycles. The van der Waals surface area contributed by atoms with Crippen LogP contribution in [0.4, 0.5) is 5.69 Å². The van der Waals surface area contributed by atoms with Crippen LogP contribution < -0.4 is 5.73 Å². The number of benzene rings is 1. The molecule has 1 aromatic carbocycles. The lowest BCUT2D eigenvalue weighted by Crippen LogP contribution is -1.94. The quantitative estimate of drug-likeness (QED) is 0.597. The van der Waals surface area contributed by atoms with Gasteiger partial charge < -0.3 is 5.73 Å². The van der Waals surface area contributed by atoms with Gasteiger partial charge in [0.15, 0.2) is 0 Å². The van der Waals surface area contributed by atoms with E-state index in [1.165, 1.54) is 0 Å². The molecule has 3 heteroatoms. The van der Waals surface area contributed by atoms with Crippen LogP contribution in [0.3, 0.4) is 0 Å². The molecule has 10 heavy (non-hydrogen) atoms. The van der Waals surface area contributed by atoms with Crippen LogP contribution in [0.25, 0.3) is 0 Å². The lowest BCUT2D eigenvalue weighted by Gasteiger charge is -1.94. The Morgan fingerprint density at radius 1 is 1.50 bits per heavy atom. The van der Waals surface area contributed by atoms with E-state index in [1.54, 1.807) is 12.1 Å². The van der Waals surface area contributed by atoms with E-state index in [0.29, 0.717) is 12.2 Å². The van der Waals surface area contributed by atoms with E-state index < -0.39 is 0 Å². The van der Waals surface area contributed by atoms with Crippen LogP contribution in [0.2, 0.25) is 0 Å². The largest absolute Gasteiger partial charge is 0.326 e. The Bertz CT molecular complexity index is 232. The lowest BCUT2D eigenvalue weighted by atomic mass is 10.2. The van der Waals surface area contributed by atoms with Crippen molar-refractivity contribution in [2.45, 2.75) is 6.54 Å². The molecule has 0 aromatic heterocycles. The van der Waals surface area contributed by atoms with Crippen molar-refractivity contribution in [3.05, 3.63) is 29.8 Å². The molecule has 1 aromatic rings. The SMILES string of the molecule is N=Nc1cccc(CN)c1. The van der Waals surface area contributed by atoms with Crippen molar-refractivity contribution in [2.75, 3.05) is 0 Å².